The molecule has 0 radical (unpaired) electrons. The minimum atomic E-state index is -0.398. The van der Waals surface area contributed by atoms with Crippen LogP contribution in [-0.2, 0) is 0 Å². The van der Waals surface area contributed by atoms with Crippen LogP contribution in [0.4, 0.5) is 5.69 Å². The first kappa shape index (κ1) is 15.0. The summed E-state index contributed by atoms with van der Waals surface area (Å²) in [7, 11) is 0. The molecule has 0 aliphatic heterocycles. The molecule has 3 aromatic carbocycles. The SMILES string of the molecule is O=[N+]([O-])c1cccc(-c2nc(-c3ccccc3)nc3ccccc23)c1. The van der Waals surface area contributed by atoms with Crippen molar-refractivity contribution in [2.24, 2.45) is 0 Å². The smallest absolute Gasteiger partial charge is 0.258 e. The molecule has 0 saturated heterocycles. The molecule has 0 N–H and O–H groups in total. The van der Waals surface area contributed by atoms with Crippen LogP contribution >= 0.6 is 0 Å². The summed E-state index contributed by atoms with van der Waals surface area (Å²) in [4.78, 5) is 20.1. The molecule has 0 unspecified atom stereocenters. The molecule has 0 amide bonds. The highest BCUT2D eigenvalue weighted by molar-refractivity contribution is 5.93. The summed E-state index contributed by atoms with van der Waals surface area (Å²) in [5, 5.41) is 12.0. The Labute approximate surface area is 143 Å². The van der Waals surface area contributed by atoms with E-state index in [0.29, 0.717) is 17.1 Å². The molecule has 0 aliphatic carbocycles. The fraction of sp³-hybridized carbons (Fsp3) is 0. The summed E-state index contributed by atoms with van der Waals surface area (Å²) < 4.78 is 0. The Balaban J connectivity index is 1.99. The maximum Gasteiger partial charge on any atom is 0.270 e. The van der Waals surface area contributed by atoms with Crippen LogP contribution in [0.3, 0.4) is 0 Å². The molecule has 5 heteroatoms. The fourth-order valence-electron chi connectivity index (χ4n) is 2.78. The van der Waals surface area contributed by atoms with Crippen LogP contribution in [0.1, 0.15) is 0 Å². The molecule has 1 aromatic heterocycles. The topological polar surface area (TPSA) is 68.9 Å². The number of aromatic nitrogens is 2. The van der Waals surface area contributed by atoms with E-state index in [2.05, 4.69) is 4.98 Å². The van der Waals surface area contributed by atoms with Gasteiger partial charge in [0.05, 0.1) is 16.1 Å². The number of non-ortho nitro benzene ring substituents is 1. The predicted molar refractivity (Wildman–Crippen MR) is 97.1 cm³/mol. The summed E-state index contributed by atoms with van der Waals surface area (Å²) in [5.41, 5.74) is 3.14. The summed E-state index contributed by atoms with van der Waals surface area (Å²) in [6.45, 7) is 0. The van der Waals surface area contributed by atoms with Gasteiger partial charge in [-0.3, -0.25) is 10.1 Å². The third-order valence-electron chi connectivity index (χ3n) is 3.97. The van der Waals surface area contributed by atoms with Crippen LogP contribution in [0.25, 0.3) is 33.5 Å². The Kier molecular flexibility index (Phi) is 3.67. The van der Waals surface area contributed by atoms with Gasteiger partial charge in [-0.05, 0) is 6.07 Å². The maximum atomic E-state index is 11.1. The van der Waals surface area contributed by atoms with Gasteiger partial charge >= 0.3 is 0 Å². The quantitative estimate of drug-likeness (QED) is 0.397. The molecule has 0 saturated carbocycles. The highest BCUT2D eigenvalue weighted by Gasteiger charge is 2.13. The second-order valence-electron chi connectivity index (χ2n) is 5.59. The van der Waals surface area contributed by atoms with Gasteiger partial charge < -0.3 is 0 Å². The molecule has 1 heterocycles. The first-order valence-electron chi connectivity index (χ1n) is 7.79. The number of para-hydroxylation sites is 1. The standard InChI is InChI=1S/C20H13N3O2/c24-23(25)16-10-6-9-15(13-16)19-17-11-4-5-12-18(17)21-20(22-19)14-7-2-1-3-8-14/h1-13H. The van der Waals surface area contributed by atoms with Crippen molar-refractivity contribution < 1.29 is 4.92 Å². The lowest BCUT2D eigenvalue weighted by Gasteiger charge is -2.09. The Hall–Kier alpha value is -3.60. The number of hydrogen-bond donors (Lipinski definition) is 0. The minimum absolute atomic E-state index is 0.0430. The molecule has 0 atom stereocenters. The van der Waals surface area contributed by atoms with E-state index in [9.17, 15) is 10.1 Å². The molecule has 5 nitrogen and oxygen atoms in total. The van der Waals surface area contributed by atoms with Crippen molar-refractivity contribution in [3.63, 3.8) is 0 Å². The van der Waals surface area contributed by atoms with Crippen molar-refractivity contribution in [1.29, 1.82) is 0 Å². The molecular weight excluding hydrogens is 314 g/mol. The van der Waals surface area contributed by atoms with E-state index >= 15 is 0 Å². The highest BCUT2D eigenvalue weighted by atomic mass is 16.6. The summed E-state index contributed by atoms with van der Waals surface area (Å²) in [6, 6.07) is 23.9. The van der Waals surface area contributed by atoms with Gasteiger partial charge in [0, 0.05) is 28.6 Å². The number of rotatable bonds is 3. The van der Waals surface area contributed by atoms with Crippen molar-refractivity contribution in [3.05, 3.63) is 89.0 Å². The Morgan fingerprint density at radius 1 is 0.760 bits per heavy atom. The zero-order valence-corrected chi connectivity index (χ0v) is 13.2. The molecule has 4 aromatic rings. The number of nitrogens with zero attached hydrogens (tertiary/aromatic N) is 3. The summed E-state index contributed by atoms with van der Waals surface area (Å²) >= 11 is 0. The monoisotopic (exact) mass is 327 g/mol. The van der Waals surface area contributed by atoms with Crippen LogP contribution < -0.4 is 0 Å². The average Bonchev–Trinajstić information content (AvgIpc) is 2.68. The van der Waals surface area contributed by atoms with E-state index in [1.807, 2.05) is 60.7 Å². The van der Waals surface area contributed by atoms with Crippen molar-refractivity contribution in [3.8, 4) is 22.6 Å². The van der Waals surface area contributed by atoms with Crippen LogP contribution in [0, 0.1) is 10.1 Å². The Morgan fingerprint density at radius 2 is 1.48 bits per heavy atom. The normalized spacial score (nSPS) is 10.7. The third kappa shape index (κ3) is 2.83. The van der Waals surface area contributed by atoms with Crippen LogP contribution in [0.2, 0.25) is 0 Å². The van der Waals surface area contributed by atoms with Crippen LogP contribution in [0.5, 0.6) is 0 Å². The largest absolute Gasteiger partial charge is 0.270 e. The Morgan fingerprint density at radius 3 is 2.28 bits per heavy atom. The summed E-state index contributed by atoms with van der Waals surface area (Å²) in [5.74, 6) is 0.598. The van der Waals surface area contributed by atoms with Gasteiger partial charge in [0.2, 0.25) is 0 Å². The molecule has 0 spiro atoms. The van der Waals surface area contributed by atoms with Crippen molar-refractivity contribution in [1.82, 2.24) is 9.97 Å². The van der Waals surface area contributed by atoms with Gasteiger partial charge in [0.1, 0.15) is 0 Å². The average molecular weight is 327 g/mol. The number of nitro benzene ring substituents is 1. The van der Waals surface area contributed by atoms with Gasteiger partial charge in [-0.1, -0.05) is 60.7 Å². The molecule has 4 rings (SSSR count). The van der Waals surface area contributed by atoms with Crippen LogP contribution in [0.15, 0.2) is 78.9 Å². The van der Waals surface area contributed by atoms with E-state index in [-0.39, 0.29) is 5.69 Å². The second-order valence-corrected chi connectivity index (χ2v) is 5.59. The van der Waals surface area contributed by atoms with Crippen molar-refractivity contribution in [2.75, 3.05) is 0 Å². The van der Waals surface area contributed by atoms with Gasteiger partial charge in [-0.2, -0.15) is 0 Å². The zero-order chi connectivity index (χ0) is 17.2. The highest BCUT2D eigenvalue weighted by Crippen LogP contribution is 2.30. The molecule has 0 bridgehead atoms. The van der Waals surface area contributed by atoms with E-state index in [4.69, 9.17) is 4.98 Å². The number of fused-ring (bicyclic) bond motifs is 1. The second kappa shape index (κ2) is 6.13. The first-order valence-corrected chi connectivity index (χ1v) is 7.79. The first-order chi connectivity index (χ1) is 12.2. The Bertz CT molecular complexity index is 1080. The van der Waals surface area contributed by atoms with Crippen molar-refractivity contribution in [2.45, 2.75) is 0 Å². The van der Waals surface area contributed by atoms with Gasteiger partial charge in [-0.25, -0.2) is 9.97 Å². The molecule has 0 fully saturated rings. The number of benzene rings is 3. The van der Waals surface area contributed by atoms with Gasteiger partial charge in [0.25, 0.3) is 5.69 Å². The van der Waals surface area contributed by atoms with Gasteiger partial charge in [0.15, 0.2) is 5.82 Å². The van der Waals surface area contributed by atoms with E-state index < -0.39 is 4.92 Å². The molecule has 25 heavy (non-hydrogen) atoms. The molecular formula is C20H13N3O2. The predicted octanol–water partition coefficient (Wildman–Crippen LogP) is 4.87. The lowest BCUT2D eigenvalue weighted by molar-refractivity contribution is -0.384. The lowest BCUT2D eigenvalue weighted by atomic mass is 10.0. The maximum absolute atomic E-state index is 11.1. The molecule has 120 valence electrons. The lowest BCUT2D eigenvalue weighted by Crippen LogP contribution is -1.95. The molecule has 0 aliphatic rings. The summed E-state index contributed by atoms with van der Waals surface area (Å²) in [6.07, 6.45) is 0. The minimum Gasteiger partial charge on any atom is -0.258 e. The van der Waals surface area contributed by atoms with E-state index in [1.165, 1.54) is 6.07 Å². The van der Waals surface area contributed by atoms with Gasteiger partial charge in [-0.15, -0.1) is 0 Å². The van der Waals surface area contributed by atoms with Crippen LogP contribution in [-0.4, -0.2) is 14.9 Å². The van der Waals surface area contributed by atoms with E-state index in [0.717, 1.165) is 16.5 Å². The third-order valence-corrected chi connectivity index (χ3v) is 3.97. The fourth-order valence-corrected chi connectivity index (χ4v) is 2.78. The van der Waals surface area contributed by atoms with Crippen molar-refractivity contribution >= 4 is 16.6 Å². The van der Waals surface area contributed by atoms with E-state index in [1.54, 1.807) is 12.1 Å². The number of nitro groups is 1. The number of hydrogen-bond acceptors (Lipinski definition) is 4. The zero-order valence-electron chi connectivity index (χ0n) is 13.2.